The van der Waals surface area contributed by atoms with Gasteiger partial charge in [0, 0.05) is 19.3 Å². The maximum absolute atomic E-state index is 13.2. The maximum atomic E-state index is 13.2. The van der Waals surface area contributed by atoms with Gasteiger partial charge in [0.1, 0.15) is 5.82 Å². The van der Waals surface area contributed by atoms with Crippen LogP contribution in [0.25, 0.3) is 0 Å². The van der Waals surface area contributed by atoms with Crippen molar-refractivity contribution < 1.29 is 19.0 Å². The number of aliphatic hydroxyl groups excluding tert-OH is 1. The van der Waals surface area contributed by atoms with Crippen LogP contribution in [0, 0.1) is 12.7 Å². The smallest absolute Gasteiger partial charge is 0.319 e. The van der Waals surface area contributed by atoms with Gasteiger partial charge in [0.05, 0.1) is 12.7 Å². The molecule has 0 radical (unpaired) electrons. The van der Waals surface area contributed by atoms with Crippen LogP contribution in [0.4, 0.5) is 14.9 Å². The van der Waals surface area contributed by atoms with E-state index < -0.39 is 12.1 Å². The lowest BCUT2D eigenvalue weighted by Gasteiger charge is -2.12. The first-order valence-electron chi connectivity index (χ1n) is 5.51. The summed E-state index contributed by atoms with van der Waals surface area (Å²) in [7, 11) is 1.46. The molecule has 0 saturated carbocycles. The molecule has 1 aromatic carbocycles. The Morgan fingerprint density at radius 1 is 1.56 bits per heavy atom. The predicted octanol–water partition coefficient (Wildman–Crippen LogP) is 1.26. The Hall–Kier alpha value is -1.66. The number of rotatable bonds is 5. The standard InChI is InChI=1S/C12H17FN2O3/c1-8-3-4-9(5-11(8)13)15-12(17)14-6-10(16)7-18-2/h3-5,10,16H,6-7H2,1-2H3,(H2,14,15,17). The third-order valence-electron chi connectivity index (χ3n) is 2.29. The zero-order chi connectivity index (χ0) is 13.5. The number of carbonyl (C=O) groups is 1. The number of aliphatic hydroxyl groups is 1. The lowest BCUT2D eigenvalue weighted by Crippen LogP contribution is -2.37. The lowest BCUT2D eigenvalue weighted by molar-refractivity contribution is 0.0663. The summed E-state index contributed by atoms with van der Waals surface area (Å²) in [5, 5.41) is 14.2. The van der Waals surface area contributed by atoms with Gasteiger partial charge in [-0.2, -0.15) is 0 Å². The molecule has 3 N–H and O–H groups in total. The number of halogens is 1. The van der Waals surface area contributed by atoms with E-state index in [1.54, 1.807) is 19.1 Å². The average molecular weight is 256 g/mol. The fourth-order valence-corrected chi connectivity index (χ4v) is 1.31. The highest BCUT2D eigenvalue weighted by Gasteiger charge is 2.07. The van der Waals surface area contributed by atoms with Gasteiger partial charge in [-0.1, -0.05) is 6.07 Å². The molecule has 1 aromatic rings. The van der Waals surface area contributed by atoms with E-state index >= 15 is 0 Å². The van der Waals surface area contributed by atoms with Crippen molar-refractivity contribution >= 4 is 11.7 Å². The van der Waals surface area contributed by atoms with Crippen molar-refractivity contribution in [3.8, 4) is 0 Å². The second kappa shape index (κ2) is 6.93. The number of ether oxygens (including phenoxy) is 1. The summed E-state index contributed by atoms with van der Waals surface area (Å²) in [6, 6.07) is 3.91. The van der Waals surface area contributed by atoms with E-state index in [9.17, 15) is 14.3 Å². The molecule has 0 aliphatic rings. The summed E-state index contributed by atoms with van der Waals surface area (Å²) < 4.78 is 17.9. The van der Waals surface area contributed by atoms with Crippen LogP contribution in [0.2, 0.25) is 0 Å². The highest BCUT2D eigenvalue weighted by Crippen LogP contribution is 2.13. The van der Waals surface area contributed by atoms with E-state index in [1.165, 1.54) is 13.2 Å². The van der Waals surface area contributed by atoms with Crippen molar-refractivity contribution in [3.63, 3.8) is 0 Å². The van der Waals surface area contributed by atoms with E-state index in [0.717, 1.165) is 0 Å². The van der Waals surface area contributed by atoms with Crippen molar-refractivity contribution in [1.82, 2.24) is 5.32 Å². The third kappa shape index (κ3) is 4.68. The van der Waals surface area contributed by atoms with Crippen LogP contribution in [-0.4, -0.2) is 37.5 Å². The van der Waals surface area contributed by atoms with Crippen molar-refractivity contribution in [2.75, 3.05) is 25.6 Å². The van der Waals surface area contributed by atoms with Gasteiger partial charge in [-0.25, -0.2) is 9.18 Å². The molecule has 6 heteroatoms. The number of carbonyl (C=O) groups excluding carboxylic acids is 1. The molecule has 0 bridgehead atoms. The SMILES string of the molecule is COCC(O)CNC(=O)Nc1ccc(C)c(F)c1. The maximum Gasteiger partial charge on any atom is 0.319 e. The van der Waals surface area contributed by atoms with Crippen molar-refractivity contribution in [2.24, 2.45) is 0 Å². The van der Waals surface area contributed by atoms with Crippen LogP contribution in [0.15, 0.2) is 18.2 Å². The molecular weight excluding hydrogens is 239 g/mol. The molecular formula is C12H17FN2O3. The van der Waals surface area contributed by atoms with Crippen LogP contribution < -0.4 is 10.6 Å². The summed E-state index contributed by atoms with van der Waals surface area (Å²) in [6.45, 7) is 1.84. The largest absolute Gasteiger partial charge is 0.389 e. The van der Waals surface area contributed by atoms with Gasteiger partial charge < -0.3 is 20.5 Å². The zero-order valence-corrected chi connectivity index (χ0v) is 10.4. The fraction of sp³-hybridized carbons (Fsp3) is 0.417. The van der Waals surface area contributed by atoms with E-state index in [1.807, 2.05) is 0 Å². The zero-order valence-electron chi connectivity index (χ0n) is 10.4. The van der Waals surface area contributed by atoms with Gasteiger partial charge in [0.2, 0.25) is 0 Å². The minimum atomic E-state index is -0.768. The number of benzene rings is 1. The molecule has 0 saturated heterocycles. The van der Waals surface area contributed by atoms with Gasteiger partial charge in [-0.15, -0.1) is 0 Å². The van der Waals surface area contributed by atoms with Gasteiger partial charge in [0.25, 0.3) is 0 Å². The van der Waals surface area contributed by atoms with Crippen LogP contribution in [0.5, 0.6) is 0 Å². The molecule has 1 unspecified atom stereocenters. The Kier molecular flexibility index (Phi) is 5.54. The second-order valence-electron chi connectivity index (χ2n) is 3.91. The number of urea groups is 1. The Morgan fingerprint density at radius 3 is 2.89 bits per heavy atom. The lowest BCUT2D eigenvalue weighted by atomic mass is 10.2. The monoisotopic (exact) mass is 256 g/mol. The molecule has 100 valence electrons. The van der Waals surface area contributed by atoms with E-state index in [4.69, 9.17) is 4.74 Å². The number of aryl methyl sites for hydroxylation is 1. The average Bonchev–Trinajstić information content (AvgIpc) is 2.32. The van der Waals surface area contributed by atoms with E-state index in [2.05, 4.69) is 10.6 Å². The van der Waals surface area contributed by atoms with Gasteiger partial charge in [-0.05, 0) is 24.6 Å². The Morgan fingerprint density at radius 2 is 2.28 bits per heavy atom. The summed E-state index contributed by atoms with van der Waals surface area (Å²) in [4.78, 5) is 11.4. The van der Waals surface area contributed by atoms with Crippen LogP contribution in [-0.2, 0) is 4.74 Å². The summed E-state index contributed by atoms with van der Waals surface area (Å²) >= 11 is 0. The third-order valence-corrected chi connectivity index (χ3v) is 2.29. The Balaban J connectivity index is 2.42. The van der Waals surface area contributed by atoms with Gasteiger partial charge >= 0.3 is 6.03 Å². The Bertz CT molecular complexity index is 412. The first kappa shape index (κ1) is 14.4. The molecule has 0 spiro atoms. The number of hydrogen-bond donors (Lipinski definition) is 3. The molecule has 0 fully saturated rings. The Labute approximate surface area is 105 Å². The summed E-state index contributed by atoms with van der Waals surface area (Å²) in [6.07, 6.45) is -0.768. The topological polar surface area (TPSA) is 70.6 Å². The van der Waals surface area contributed by atoms with Gasteiger partial charge in [-0.3, -0.25) is 0 Å². The van der Waals surface area contributed by atoms with Crippen LogP contribution in [0.1, 0.15) is 5.56 Å². The number of methoxy groups -OCH3 is 1. The molecule has 0 aliphatic carbocycles. The molecule has 0 aliphatic heterocycles. The first-order chi connectivity index (χ1) is 8.52. The number of anilines is 1. The molecule has 18 heavy (non-hydrogen) atoms. The fourth-order valence-electron chi connectivity index (χ4n) is 1.31. The van der Waals surface area contributed by atoms with Crippen molar-refractivity contribution in [2.45, 2.75) is 13.0 Å². The highest BCUT2D eigenvalue weighted by molar-refractivity contribution is 5.89. The quantitative estimate of drug-likeness (QED) is 0.743. The minimum absolute atomic E-state index is 0.0635. The first-order valence-corrected chi connectivity index (χ1v) is 5.51. The predicted molar refractivity (Wildman–Crippen MR) is 66.0 cm³/mol. The summed E-state index contributed by atoms with van der Waals surface area (Å²) in [5.41, 5.74) is 0.869. The second-order valence-corrected chi connectivity index (χ2v) is 3.91. The minimum Gasteiger partial charge on any atom is -0.389 e. The number of hydrogen-bond acceptors (Lipinski definition) is 3. The van der Waals surface area contributed by atoms with Crippen molar-refractivity contribution in [3.05, 3.63) is 29.6 Å². The summed E-state index contributed by atoms with van der Waals surface area (Å²) in [5.74, 6) is -0.382. The van der Waals surface area contributed by atoms with E-state index in [-0.39, 0.29) is 19.0 Å². The van der Waals surface area contributed by atoms with Crippen LogP contribution >= 0.6 is 0 Å². The van der Waals surface area contributed by atoms with Crippen LogP contribution in [0.3, 0.4) is 0 Å². The number of nitrogens with one attached hydrogen (secondary N) is 2. The van der Waals surface area contributed by atoms with Crippen molar-refractivity contribution in [1.29, 1.82) is 0 Å². The molecule has 5 nitrogen and oxygen atoms in total. The highest BCUT2D eigenvalue weighted by atomic mass is 19.1. The van der Waals surface area contributed by atoms with Gasteiger partial charge in [0.15, 0.2) is 0 Å². The molecule has 1 rings (SSSR count). The molecule has 2 amide bonds. The number of amides is 2. The molecule has 0 aromatic heterocycles. The van der Waals surface area contributed by atoms with E-state index in [0.29, 0.717) is 11.3 Å². The normalized spacial score (nSPS) is 12.0. The molecule has 0 heterocycles. The molecule has 1 atom stereocenters.